The van der Waals surface area contributed by atoms with Crippen LogP contribution in [-0.4, -0.2) is 60.8 Å². The number of amides is 1. The first kappa shape index (κ1) is 21.5. The number of alkyl halides is 3. The zero-order valence-electron chi connectivity index (χ0n) is 16.5. The van der Waals surface area contributed by atoms with Gasteiger partial charge in [-0.25, -0.2) is 4.99 Å². The van der Waals surface area contributed by atoms with Crippen LogP contribution in [0.15, 0.2) is 52.1 Å². The van der Waals surface area contributed by atoms with Gasteiger partial charge in [0.25, 0.3) is 5.91 Å². The fourth-order valence-corrected chi connectivity index (χ4v) is 3.12. The molecule has 162 valence electrons. The molecule has 1 amide bonds. The van der Waals surface area contributed by atoms with Crippen molar-refractivity contribution in [3.05, 3.63) is 54.0 Å². The molecule has 7 nitrogen and oxygen atoms in total. The SMILES string of the molecule is CCNC(=NCc1ccccc1OC(F)(F)F)N1CCN(C(=O)c2ccco2)CC1. The smallest absolute Gasteiger partial charge is 0.459 e. The van der Waals surface area contributed by atoms with Crippen molar-refractivity contribution in [1.82, 2.24) is 15.1 Å². The molecule has 0 saturated carbocycles. The van der Waals surface area contributed by atoms with Gasteiger partial charge in [-0.1, -0.05) is 18.2 Å². The first-order chi connectivity index (χ1) is 14.4. The van der Waals surface area contributed by atoms with Crippen molar-refractivity contribution in [2.45, 2.75) is 19.8 Å². The molecule has 1 saturated heterocycles. The van der Waals surface area contributed by atoms with E-state index < -0.39 is 6.36 Å². The highest BCUT2D eigenvalue weighted by atomic mass is 19.4. The lowest BCUT2D eigenvalue weighted by atomic mass is 10.2. The number of para-hydroxylation sites is 1. The Morgan fingerprint density at radius 2 is 1.83 bits per heavy atom. The predicted molar refractivity (Wildman–Crippen MR) is 104 cm³/mol. The van der Waals surface area contributed by atoms with Crippen LogP contribution >= 0.6 is 0 Å². The van der Waals surface area contributed by atoms with Crippen LogP contribution < -0.4 is 10.1 Å². The van der Waals surface area contributed by atoms with E-state index in [0.29, 0.717) is 50.0 Å². The number of halogens is 3. The Balaban J connectivity index is 1.65. The third-order valence-corrected chi connectivity index (χ3v) is 4.53. The number of guanidine groups is 1. The third kappa shape index (κ3) is 5.68. The van der Waals surface area contributed by atoms with Gasteiger partial charge in [0.2, 0.25) is 0 Å². The second kappa shape index (κ2) is 9.55. The summed E-state index contributed by atoms with van der Waals surface area (Å²) in [4.78, 5) is 20.5. The van der Waals surface area contributed by atoms with E-state index in [1.807, 2.05) is 11.8 Å². The molecule has 1 N–H and O–H groups in total. The Morgan fingerprint density at radius 3 is 2.47 bits per heavy atom. The minimum absolute atomic E-state index is 0.0279. The fraction of sp³-hybridized carbons (Fsp3) is 0.400. The molecule has 0 radical (unpaired) electrons. The number of hydrogen-bond acceptors (Lipinski definition) is 4. The van der Waals surface area contributed by atoms with Crippen LogP contribution in [0.25, 0.3) is 0 Å². The summed E-state index contributed by atoms with van der Waals surface area (Å²) in [5.74, 6) is 0.438. The molecule has 2 heterocycles. The summed E-state index contributed by atoms with van der Waals surface area (Å²) in [6.45, 7) is 4.59. The normalized spacial score (nSPS) is 15.3. The number of rotatable bonds is 5. The van der Waals surface area contributed by atoms with Gasteiger partial charge in [-0.15, -0.1) is 13.2 Å². The van der Waals surface area contributed by atoms with Crippen LogP contribution in [0, 0.1) is 0 Å². The number of hydrogen-bond donors (Lipinski definition) is 1. The molecule has 0 spiro atoms. The number of benzene rings is 1. The van der Waals surface area contributed by atoms with E-state index >= 15 is 0 Å². The Morgan fingerprint density at radius 1 is 1.13 bits per heavy atom. The van der Waals surface area contributed by atoms with Crippen LogP contribution in [0.4, 0.5) is 13.2 Å². The third-order valence-electron chi connectivity index (χ3n) is 4.53. The largest absolute Gasteiger partial charge is 0.573 e. The minimum atomic E-state index is -4.76. The predicted octanol–water partition coefficient (Wildman–Crippen LogP) is 3.10. The average molecular weight is 424 g/mol. The molecule has 0 unspecified atom stereocenters. The summed E-state index contributed by atoms with van der Waals surface area (Å²) in [5.41, 5.74) is 0.330. The molecule has 1 aliphatic rings. The van der Waals surface area contributed by atoms with Gasteiger partial charge < -0.3 is 24.3 Å². The quantitative estimate of drug-likeness (QED) is 0.590. The zero-order chi connectivity index (χ0) is 21.6. The Kier molecular flexibility index (Phi) is 6.86. The van der Waals surface area contributed by atoms with Crippen molar-refractivity contribution in [1.29, 1.82) is 0 Å². The highest BCUT2D eigenvalue weighted by Gasteiger charge is 2.32. The molecule has 30 heavy (non-hydrogen) atoms. The lowest BCUT2D eigenvalue weighted by Crippen LogP contribution is -2.53. The standard InChI is InChI=1S/C20H23F3N4O3/c1-2-24-19(25-14-15-6-3-4-7-16(15)30-20(21,22)23)27-11-9-26(10-12-27)18(28)17-8-5-13-29-17/h3-8,13H,2,9-12,14H2,1H3,(H,24,25). The van der Waals surface area contributed by atoms with Gasteiger partial charge in [-0.3, -0.25) is 4.79 Å². The van der Waals surface area contributed by atoms with E-state index in [1.54, 1.807) is 29.2 Å². The number of piperazine rings is 1. The zero-order valence-corrected chi connectivity index (χ0v) is 16.5. The molecule has 3 rings (SSSR count). The Bertz CT molecular complexity index is 860. The topological polar surface area (TPSA) is 70.3 Å². The fourth-order valence-electron chi connectivity index (χ4n) is 3.12. The average Bonchev–Trinajstić information content (AvgIpc) is 3.25. The number of nitrogens with zero attached hydrogens (tertiary/aromatic N) is 3. The Labute approximate surface area is 172 Å². The number of aliphatic imine (C=N–C) groups is 1. The van der Waals surface area contributed by atoms with Crippen molar-refractivity contribution in [2.75, 3.05) is 32.7 Å². The van der Waals surface area contributed by atoms with Gasteiger partial charge in [0.1, 0.15) is 5.75 Å². The van der Waals surface area contributed by atoms with Crippen LogP contribution in [0.5, 0.6) is 5.75 Å². The number of nitrogens with one attached hydrogen (secondary N) is 1. The summed E-state index contributed by atoms with van der Waals surface area (Å²) in [6.07, 6.45) is -3.30. The summed E-state index contributed by atoms with van der Waals surface area (Å²) in [7, 11) is 0. The number of ether oxygens (including phenoxy) is 1. The monoisotopic (exact) mass is 424 g/mol. The van der Waals surface area contributed by atoms with Gasteiger partial charge in [-0.2, -0.15) is 0 Å². The summed E-state index contributed by atoms with van der Waals surface area (Å²) in [5, 5.41) is 3.15. The minimum Gasteiger partial charge on any atom is -0.459 e. The molecule has 0 bridgehead atoms. The van der Waals surface area contributed by atoms with E-state index in [4.69, 9.17) is 4.42 Å². The number of carbonyl (C=O) groups is 1. The molecule has 1 aromatic carbocycles. The van der Waals surface area contributed by atoms with E-state index in [9.17, 15) is 18.0 Å². The van der Waals surface area contributed by atoms with Crippen molar-refractivity contribution >= 4 is 11.9 Å². The molecule has 10 heteroatoms. The Hall–Kier alpha value is -3.17. The molecule has 1 fully saturated rings. The number of furan rings is 1. The lowest BCUT2D eigenvalue weighted by molar-refractivity contribution is -0.274. The molecular formula is C20H23F3N4O3. The van der Waals surface area contributed by atoms with Gasteiger partial charge in [0.15, 0.2) is 11.7 Å². The summed E-state index contributed by atoms with van der Waals surface area (Å²) in [6, 6.07) is 9.23. The molecule has 0 atom stereocenters. The first-order valence-electron chi connectivity index (χ1n) is 9.57. The van der Waals surface area contributed by atoms with Gasteiger partial charge in [0, 0.05) is 38.3 Å². The maximum atomic E-state index is 12.6. The van der Waals surface area contributed by atoms with Crippen molar-refractivity contribution in [3.63, 3.8) is 0 Å². The maximum Gasteiger partial charge on any atom is 0.573 e. The molecule has 0 aliphatic carbocycles. The second-order valence-corrected chi connectivity index (χ2v) is 6.58. The maximum absolute atomic E-state index is 12.6. The van der Waals surface area contributed by atoms with Gasteiger partial charge >= 0.3 is 6.36 Å². The molecule has 1 aliphatic heterocycles. The van der Waals surface area contributed by atoms with Crippen molar-refractivity contribution in [2.24, 2.45) is 4.99 Å². The van der Waals surface area contributed by atoms with Crippen molar-refractivity contribution < 1.29 is 27.1 Å². The lowest BCUT2D eigenvalue weighted by Gasteiger charge is -2.36. The molecule has 2 aromatic rings. The number of carbonyl (C=O) groups excluding carboxylic acids is 1. The molecular weight excluding hydrogens is 401 g/mol. The van der Waals surface area contributed by atoms with Crippen LogP contribution in [0.2, 0.25) is 0 Å². The van der Waals surface area contributed by atoms with Gasteiger partial charge in [0.05, 0.1) is 12.8 Å². The highest BCUT2D eigenvalue weighted by molar-refractivity contribution is 5.91. The van der Waals surface area contributed by atoms with Crippen LogP contribution in [-0.2, 0) is 6.54 Å². The molecule has 1 aromatic heterocycles. The first-order valence-corrected chi connectivity index (χ1v) is 9.57. The van der Waals surface area contributed by atoms with Crippen LogP contribution in [0.1, 0.15) is 23.0 Å². The second-order valence-electron chi connectivity index (χ2n) is 6.58. The van der Waals surface area contributed by atoms with Crippen molar-refractivity contribution in [3.8, 4) is 5.75 Å². The van der Waals surface area contributed by atoms with Gasteiger partial charge in [-0.05, 0) is 25.1 Å². The van der Waals surface area contributed by atoms with E-state index in [0.717, 1.165) is 0 Å². The summed E-state index contributed by atoms with van der Waals surface area (Å²) >= 11 is 0. The van der Waals surface area contributed by atoms with Crippen LogP contribution in [0.3, 0.4) is 0 Å². The van der Waals surface area contributed by atoms with E-state index in [1.165, 1.54) is 18.4 Å². The summed E-state index contributed by atoms with van der Waals surface area (Å²) < 4.78 is 47.1. The highest BCUT2D eigenvalue weighted by Crippen LogP contribution is 2.26. The van der Waals surface area contributed by atoms with E-state index in [-0.39, 0.29) is 18.2 Å². The van der Waals surface area contributed by atoms with E-state index in [2.05, 4.69) is 15.0 Å².